The van der Waals surface area contributed by atoms with E-state index in [0.717, 1.165) is 19.6 Å². The van der Waals surface area contributed by atoms with Crippen molar-refractivity contribution in [2.45, 2.75) is 20.0 Å². The lowest BCUT2D eigenvalue weighted by atomic mass is 10.2. The highest BCUT2D eigenvalue weighted by molar-refractivity contribution is 5.16. The Labute approximate surface area is 60.0 Å². The van der Waals surface area contributed by atoms with E-state index in [9.17, 15) is 0 Å². The first-order valence-electron chi connectivity index (χ1n) is 3.60. The summed E-state index contributed by atoms with van der Waals surface area (Å²) >= 11 is 0. The zero-order chi connectivity index (χ0) is 6.97. The maximum Gasteiger partial charge on any atom is 0.0551 e. The van der Waals surface area contributed by atoms with Gasteiger partial charge in [-0.25, -0.2) is 0 Å². The Kier molecular flexibility index (Phi) is 1.24. The largest absolute Gasteiger partial charge is 0.309 e. The first kappa shape index (κ1) is 5.92. The monoisotopic (exact) mass is 137 g/mol. The van der Waals surface area contributed by atoms with Gasteiger partial charge in [0.05, 0.1) is 18.4 Å². The van der Waals surface area contributed by atoms with Crippen LogP contribution in [0, 0.1) is 6.92 Å². The number of nitrogens with one attached hydrogen (secondary N) is 1. The van der Waals surface area contributed by atoms with Gasteiger partial charge in [-0.05, 0) is 12.5 Å². The molecular formula is C7H11N3. The van der Waals surface area contributed by atoms with Crippen molar-refractivity contribution in [3.05, 3.63) is 17.5 Å². The Bertz CT molecular complexity index is 239. The lowest BCUT2D eigenvalue weighted by Crippen LogP contribution is -2.28. The summed E-state index contributed by atoms with van der Waals surface area (Å²) in [6.07, 6.45) is 1.93. The predicted octanol–water partition coefficient (Wildman–Crippen LogP) is 0.295. The molecule has 1 aromatic rings. The van der Waals surface area contributed by atoms with Crippen LogP contribution in [-0.4, -0.2) is 16.3 Å². The van der Waals surface area contributed by atoms with Gasteiger partial charge in [-0.1, -0.05) is 0 Å². The van der Waals surface area contributed by atoms with Gasteiger partial charge in [0.2, 0.25) is 0 Å². The molecule has 1 aliphatic rings. The van der Waals surface area contributed by atoms with Crippen LogP contribution >= 0.6 is 0 Å². The third kappa shape index (κ3) is 0.743. The summed E-state index contributed by atoms with van der Waals surface area (Å²) in [4.78, 5) is 0. The molecule has 2 heterocycles. The summed E-state index contributed by atoms with van der Waals surface area (Å²) in [6.45, 7) is 5.15. The van der Waals surface area contributed by atoms with Crippen molar-refractivity contribution in [1.82, 2.24) is 15.1 Å². The quantitative estimate of drug-likeness (QED) is 0.557. The molecule has 1 aliphatic heterocycles. The molecule has 0 saturated heterocycles. The average molecular weight is 137 g/mol. The van der Waals surface area contributed by atoms with Gasteiger partial charge in [0, 0.05) is 13.1 Å². The fourth-order valence-electron chi connectivity index (χ4n) is 1.32. The number of aryl methyl sites for hydroxylation is 1. The van der Waals surface area contributed by atoms with E-state index < -0.39 is 0 Å². The lowest BCUT2D eigenvalue weighted by Gasteiger charge is -2.14. The number of rotatable bonds is 0. The number of aromatic nitrogens is 2. The van der Waals surface area contributed by atoms with Gasteiger partial charge in [0.1, 0.15) is 0 Å². The molecular weight excluding hydrogens is 126 g/mol. The number of hydrogen-bond donors (Lipinski definition) is 1. The van der Waals surface area contributed by atoms with Crippen LogP contribution in [-0.2, 0) is 13.1 Å². The standard InChI is InChI=1S/C7H11N3/c1-6-4-9-10-3-2-8-5-7(6)10/h4,8H,2-3,5H2,1H3. The van der Waals surface area contributed by atoms with E-state index in [0.29, 0.717) is 0 Å². The van der Waals surface area contributed by atoms with Crippen LogP contribution in [0.2, 0.25) is 0 Å². The summed E-state index contributed by atoms with van der Waals surface area (Å²) in [5.74, 6) is 0. The molecule has 0 bridgehead atoms. The topological polar surface area (TPSA) is 29.9 Å². The Morgan fingerprint density at radius 3 is 3.40 bits per heavy atom. The highest BCUT2D eigenvalue weighted by atomic mass is 15.3. The molecule has 0 unspecified atom stereocenters. The molecule has 0 spiro atoms. The fourth-order valence-corrected chi connectivity index (χ4v) is 1.32. The van der Waals surface area contributed by atoms with Gasteiger partial charge in [-0.3, -0.25) is 4.68 Å². The molecule has 1 N–H and O–H groups in total. The van der Waals surface area contributed by atoms with Gasteiger partial charge in [0.15, 0.2) is 0 Å². The van der Waals surface area contributed by atoms with Gasteiger partial charge >= 0.3 is 0 Å². The molecule has 0 radical (unpaired) electrons. The van der Waals surface area contributed by atoms with Gasteiger partial charge < -0.3 is 5.32 Å². The summed E-state index contributed by atoms with van der Waals surface area (Å²) in [7, 11) is 0. The molecule has 54 valence electrons. The van der Waals surface area contributed by atoms with Crippen molar-refractivity contribution in [2.75, 3.05) is 6.54 Å². The van der Waals surface area contributed by atoms with E-state index in [2.05, 4.69) is 22.0 Å². The van der Waals surface area contributed by atoms with Crippen LogP contribution in [0.15, 0.2) is 6.20 Å². The number of fused-ring (bicyclic) bond motifs is 1. The third-order valence-electron chi connectivity index (χ3n) is 1.95. The summed E-state index contributed by atoms with van der Waals surface area (Å²) in [6, 6.07) is 0. The second-order valence-electron chi connectivity index (χ2n) is 2.67. The van der Waals surface area contributed by atoms with Crippen LogP contribution in [0.1, 0.15) is 11.3 Å². The van der Waals surface area contributed by atoms with Crippen molar-refractivity contribution in [1.29, 1.82) is 0 Å². The minimum Gasteiger partial charge on any atom is -0.309 e. The average Bonchev–Trinajstić information content (AvgIpc) is 2.34. The highest BCUT2D eigenvalue weighted by Crippen LogP contribution is 2.08. The van der Waals surface area contributed by atoms with Crippen molar-refractivity contribution in [3.63, 3.8) is 0 Å². The zero-order valence-electron chi connectivity index (χ0n) is 6.09. The van der Waals surface area contributed by atoms with Gasteiger partial charge in [0.25, 0.3) is 0 Å². The van der Waals surface area contributed by atoms with Crippen molar-refractivity contribution >= 4 is 0 Å². The van der Waals surface area contributed by atoms with Gasteiger partial charge in [-0.15, -0.1) is 0 Å². The van der Waals surface area contributed by atoms with Gasteiger partial charge in [-0.2, -0.15) is 5.10 Å². The third-order valence-corrected chi connectivity index (χ3v) is 1.95. The molecule has 0 amide bonds. The van der Waals surface area contributed by atoms with E-state index in [1.165, 1.54) is 11.3 Å². The van der Waals surface area contributed by atoms with Crippen LogP contribution in [0.5, 0.6) is 0 Å². The maximum atomic E-state index is 4.23. The lowest BCUT2D eigenvalue weighted by molar-refractivity contribution is 0.474. The maximum absolute atomic E-state index is 4.23. The molecule has 0 aromatic carbocycles. The van der Waals surface area contributed by atoms with E-state index >= 15 is 0 Å². The molecule has 2 rings (SSSR count). The van der Waals surface area contributed by atoms with E-state index in [4.69, 9.17) is 0 Å². The minimum atomic E-state index is 0.978. The molecule has 3 heteroatoms. The Hall–Kier alpha value is -0.830. The molecule has 0 aliphatic carbocycles. The van der Waals surface area contributed by atoms with E-state index in [-0.39, 0.29) is 0 Å². The van der Waals surface area contributed by atoms with Crippen LogP contribution in [0.3, 0.4) is 0 Å². The molecule has 0 saturated carbocycles. The van der Waals surface area contributed by atoms with Crippen molar-refractivity contribution in [3.8, 4) is 0 Å². The Balaban J connectivity index is 2.45. The van der Waals surface area contributed by atoms with E-state index in [1.807, 2.05) is 6.20 Å². The first-order valence-corrected chi connectivity index (χ1v) is 3.60. The normalized spacial score (nSPS) is 16.9. The Morgan fingerprint density at radius 1 is 1.70 bits per heavy atom. The molecule has 3 nitrogen and oxygen atoms in total. The Morgan fingerprint density at radius 2 is 2.60 bits per heavy atom. The molecule has 0 atom stereocenters. The highest BCUT2D eigenvalue weighted by Gasteiger charge is 2.09. The van der Waals surface area contributed by atoms with Crippen LogP contribution < -0.4 is 5.32 Å². The second-order valence-corrected chi connectivity index (χ2v) is 2.67. The summed E-state index contributed by atoms with van der Waals surface area (Å²) in [5, 5.41) is 7.54. The molecule has 10 heavy (non-hydrogen) atoms. The van der Waals surface area contributed by atoms with Crippen LogP contribution in [0.25, 0.3) is 0 Å². The predicted molar refractivity (Wildman–Crippen MR) is 38.7 cm³/mol. The van der Waals surface area contributed by atoms with Crippen molar-refractivity contribution in [2.24, 2.45) is 0 Å². The first-order chi connectivity index (χ1) is 4.88. The van der Waals surface area contributed by atoms with Crippen molar-refractivity contribution < 1.29 is 0 Å². The van der Waals surface area contributed by atoms with Crippen LogP contribution in [0.4, 0.5) is 0 Å². The molecule has 0 fully saturated rings. The SMILES string of the molecule is Cc1cnn2c1CNCC2. The summed E-state index contributed by atoms with van der Waals surface area (Å²) in [5.41, 5.74) is 2.64. The molecule has 1 aromatic heterocycles. The zero-order valence-corrected chi connectivity index (χ0v) is 6.09. The second kappa shape index (κ2) is 2.09. The minimum absolute atomic E-state index is 0.978. The number of hydrogen-bond acceptors (Lipinski definition) is 2. The smallest absolute Gasteiger partial charge is 0.0551 e. The van der Waals surface area contributed by atoms with E-state index in [1.54, 1.807) is 0 Å². The fraction of sp³-hybridized carbons (Fsp3) is 0.571. The summed E-state index contributed by atoms with van der Waals surface area (Å²) < 4.78 is 2.08. The number of nitrogens with zero attached hydrogens (tertiary/aromatic N) is 2.